The van der Waals surface area contributed by atoms with E-state index >= 15 is 0 Å². The number of rotatable bonds is 2. The van der Waals surface area contributed by atoms with Crippen LogP contribution in [-0.4, -0.2) is 22.6 Å². The molecular weight excluding hydrogens is 248 g/mol. The molecule has 2 heterocycles. The average Bonchev–Trinajstić information content (AvgIpc) is 2.71. The van der Waals surface area contributed by atoms with Crippen LogP contribution in [0.5, 0.6) is 0 Å². The van der Waals surface area contributed by atoms with E-state index in [0.29, 0.717) is 10.2 Å². The fraction of sp³-hybridized carbons (Fsp3) is 0.222. The second-order valence-corrected chi connectivity index (χ2v) is 4.36. The van der Waals surface area contributed by atoms with Crippen molar-refractivity contribution in [3.63, 3.8) is 0 Å². The summed E-state index contributed by atoms with van der Waals surface area (Å²) in [6.07, 6.45) is 0. The zero-order chi connectivity index (χ0) is 11.7. The first-order valence-electron chi connectivity index (χ1n) is 4.40. The molecule has 2 aromatic heterocycles. The van der Waals surface area contributed by atoms with E-state index in [4.69, 9.17) is 12.2 Å². The van der Waals surface area contributed by atoms with Crippen LogP contribution in [0, 0.1) is 4.77 Å². The Morgan fingerprint density at radius 1 is 1.69 bits per heavy atom. The molecule has 7 heteroatoms. The Morgan fingerprint density at radius 2 is 2.44 bits per heavy atom. The van der Waals surface area contributed by atoms with Crippen LogP contribution in [0.15, 0.2) is 16.2 Å². The highest BCUT2D eigenvalue weighted by molar-refractivity contribution is 7.71. The first-order chi connectivity index (χ1) is 7.63. The van der Waals surface area contributed by atoms with Crippen LogP contribution in [-0.2, 0) is 16.1 Å². The van der Waals surface area contributed by atoms with E-state index < -0.39 is 5.97 Å². The molecule has 0 aliphatic heterocycles. The lowest BCUT2D eigenvalue weighted by molar-refractivity contribution is -0.141. The van der Waals surface area contributed by atoms with Gasteiger partial charge in [-0.2, -0.15) is 0 Å². The molecule has 16 heavy (non-hydrogen) atoms. The Balaban J connectivity index is 2.65. The number of carbonyl (C=O) groups is 1. The molecular formula is C9H8N2O3S2. The maximum atomic E-state index is 11.9. The monoisotopic (exact) mass is 256 g/mol. The first-order valence-corrected chi connectivity index (χ1v) is 5.69. The quantitative estimate of drug-likeness (QED) is 0.649. The summed E-state index contributed by atoms with van der Waals surface area (Å²) in [6, 6.07) is 1.78. The van der Waals surface area contributed by atoms with E-state index in [-0.39, 0.29) is 16.9 Å². The molecule has 84 valence electrons. The number of aromatic amines is 1. The van der Waals surface area contributed by atoms with Crippen LogP contribution in [0.3, 0.4) is 0 Å². The lowest BCUT2D eigenvalue weighted by Gasteiger charge is -2.04. The molecule has 0 radical (unpaired) electrons. The fourth-order valence-corrected chi connectivity index (χ4v) is 2.36. The molecule has 5 nitrogen and oxygen atoms in total. The number of fused-ring (bicyclic) bond motifs is 1. The van der Waals surface area contributed by atoms with Gasteiger partial charge in [-0.15, -0.1) is 11.3 Å². The molecule has 0 bridgehead atoms. The van der Waals surface area contributed by atoms with Crippen molar-refractivity contribution in [3.05, 3.63) is 26.6 Å². The van der Waals surface area contributed by atoms with Crippen molar-refractivity contribution in [2.75, 3.05) is 7.11 Å². The van der Waals surface area contributed by atoms with Gasteiger partial charge in [0.1, 0.15) is 11.2 Å². The molecule has 0 saturated heterocycles. The van der Waals surface area contributed by atoms with Gasteiger partial charge >= 0.3 is 5.97 Å². The summed E-state index contributed by atoms with van der Waals surface area (Å²) < 4.78 is 6.47. The van der Waals surface area contributed by atoms with Crippen LogP contribution >= 0.6 is 23.6 Å². The number of aromatic nitrogens is 2. The number of hydrogen-bond donors (Lipinski definition) is 1. The third-order valence-corrected chi connectivity index (χ3v) is 3.33. The van der Waals surface area contributed by atoms with Gasteiger partial charge in [-0.25, -0.2) is 0 Å². The van der Waals surface area contributed by atoms with Crippen LogP contribution < -0.4 is 5.56 Å². The van der Waals surface area contributed by atoms with Gasteiger partial charge < -0.3 is 9.72 Å². The summed E-state index contributed by atoms with van der Waals surface area (Å²) in [5.74, 6) is -0.502. The number of H-pyrrole nitrogens is 1. The number of nitrogens with one attached hydrogen (secondary N) is 1. The zero-order valence-corrected chi connectivity index (χ0v) is 9.98. The van der Waals surface area contributed by atoms with Gasteiger partial charge in [0.25, 0.3) is 5.56 Å². The normalized spacial score (nSPS) is 10.6. The molecule has 0 aromatic carbocycles. The number of esters is 1. The molecule has 0 atom stereocenters. The number of ether oxygens (including phenoxy) is 1. The Bertz CT molecular complexity index is 653. The van der Waals surface area contributed by atoms with Crippen LogP contribution in [0.2, 0.25) is 0 Å². The van der Waals surface area contributed by atoms with E-state index in [1.165, 1.54) is 23.0 Å². The highest BCUT2D eigenvalue weighted by Crippen LogP contribution is 2.13. The number of methoxy groups -OCH3 is 1. The molecule has 0 spiro atoms. The SMILES string of the molecule is COC(=O)Cn1c(=S)[nH]c2ccsc2c1=O. The third-order valence-electron chi connectivity index (χ3n) is 2.11. The van der Waals surface area contributed by atoms with Gasteiger partial charge in [0, 0.05) is 0 Å². The van der Waals surface area contributed by atoms with E-state index in [2.05, 4.69) is 9.72 Å². The minimum atomic E-state index is -0.502. The van der Waals surface area contributed by atoms with E-state index in [1.807, 2.05) is 0 Å². The van der Waals surface area contributed by atoms with Crippen LogP contribution in [0.25, 0.3) is 10.2 Å². The predicted molar refractivity (Wildman–Crippen MR) is 63.3 cm³/mol. The van der Waals surface area contributed by atoms with Crippen LogP contribution in [0.1, 0.15) is 0 Å². The molecule has 0 fully saturated rings. The Labute approximate surface area is 99.3 Å². The van der Waals surface area contributed by atoms with Gasteiger partial charge in [0.05, 0.1) is 12.6 Å². The van der Waals surface area contributed by atoms with Crippen molar-refractivity contribution in [1.29, 1.82) is 0 Å². The predicted octanol–water partition coefficient (Wildman–Crippen LogP) is 1.29. The Morgan fingerprint density at radius 3 is 3.12 bits per heavy atom. The number of thiophene rings is 1. The maximum absolute atomic E-state index is 11.9. The fourth-order valence-electron chi connectivity index (χ4n) is 1.31. The van der Waals surface area contributed by atoms with E-state index in [0.717, 1.165) is 0 Å². The molecule has 0 aliphatic carbocycles. The maximum Gasteiger partial charge on any atom is 0.325 e. The Hall–Kier alpha value is -1.47. The zero-order valence-electron chi connectivity index (χ0n) is 8.35. The second kappa shape index (κ2) is 4.18. The van der Waals surface area contributed by atoms with Crippen molar-refractivity contribution in [2.45, 2.75) is 6.54 Å². The molecule has 0 aliphatic rings. The summed E-state index contributed by atoms with van der Waals surface area (Å²) in [5, 5.41) is 1.79. The summed E-state index contributed by atoms with van der Waals surface area (Å²) >= 11 is 6.31. The molecule has 2 rings (SSSR count). The molecule has 1 N–H and O–H groups in total. The number of hydrogen-bond acceptors (Lipinski definition) is 5. The van der Waals surface area contributed by atoms with Crippen molar-refractivity contribution < 1.29 is 9.53 Å². The topological polar surface area (TPSA) is 64.1 Å². The van der Waals surface area contributed by atoms with E-state index in [9.17, 15) is 9.59 Å². The van der Waals surface area contributed by atoms with Crippen molar-refractivity contribution >= 4 is 39.7 Å². The second-order valence-electron chi connectivity index (χ2n) is 3.06. The number of carbonyl (C=O) groups excluding carboxylic acids is 1. The minimum absolute atomic E-state index is 0.168. The highest BCUT2D eigenvalue weighted by atomic mass is 32.1. The Kier molecular flexibility index (Phi) is 2.88. The lowest BCUT2D eigenvalue weighted by atomic mass is 10.4. The summed E-state index contributed by atoms with van der Waals surface area (Å²) in [4.78, 5) is 26.0. The van der Waals surface area contributed by atoms with Gasteiger partial charge in [-0.1, -0.05) is 0 Å². The minimum Gasteiger partial charge on any atom is -0.468 e. The number of nitrogens with zero attached hydrogens (tertiary/aromatic N) is 1. The molecule has 0 unspecified atom stereocenters. The molecule has 0 amide bonds. The van der Waals surface area contributed by atoms with Gasteiger partial charge in [0.2, 0.25) is 0 Å². The molecule has 2 aromatic rings. The standard InChI is InChI=1S/C9H8N2O3S2/c1-14-6(12)4-11-8(13)7-5(2-3-16-7)10-9(11)15/h2-3H,4H2,1H3,(H,10,15). The highest BCUT2D eigenvalue weighted by Gasteiger charge is 2.10. The van der Waals surface area contributed by atoms with Crippen LogP contribution in [0.4, 0.5) is 0 Å². The van der Waals surface area contributed by atoms with Crippen molar-refractivity contribution in [3.8, 4) is 0 Å². The van der Waals surface area contributed by atoms with Gasteiger partial charge in [-0.05, 0) is 23.7 Å². The first kappa shape index (κ1) is 11.0. The summed E-state index contributed by atoms with van der Waals surface area (Å²) in [5.41, 5.74) is 0.431. The smallest absolute Gasteiger partial charge is 0.325 e. The summed E-state index contributed by atoms with van der Waals surface area (Å²) in [6.45, 7) is -0.168. The largest absolute Gasteiger partial charge is 0.468 e. The average molecular weight is 256 g/mol. The lowest BCUT2D eigenvalue weighted by Crippen LogP contribution is -2.25. The molecule has 0 saturated carbocycles. The van der Waals surface area contributed by atoms with Crippen molar-refractivity contribution in [1.82, 2.24) is 9.55 Å². The van der Waals surface area contributed by atoms with Gasteiger partial charge in [0.15, 0.2) is 4.77 Å². The summed E-state index contributed by atoms with van der Waals surface area (Å²) in [7, 11) is 1.27. The third kappa shape index (κ3) is 1.79. The van der Waals surface area contributed by atoms with Gasteiger partial charge in [-0.3, -0.25) is 14.2 Å². The van der Waals surface area contributed by atoms with Crippen molar-refractivity contribution in [2.24, 2.45) is 0 Å². The van der Waals surface area contributed by atoms with E-state index in [1.54, 1.807) is 11.4 Å².